The molecule has 0 fully saturated rings. The first kappa shape index (κ1) is 14.9. The maximum absolute atomic E-state index is 11.8. The van der Waals surface area contributed by atoms with Gasteiger partial charge >= 0.3 is 0 Å². The molecule has 4 rings (SSSR count). The minimum atomic E-state index is -0.489. The molecular formula is C19H15N5O. The van der Waals surface area contributed by atoms with Crippen LogP contribution in [-0.2, 0) is 0 Å². The third-order valence-electron chi connectivity index (χ3n) is 3.91. The van der Waals surface area contributed by atoms with E-state index < -0.39 is 5.91 Å². The number of primary amides is 1. The lowest BCUT2D eigenvalue weighted by Crippen LogP contribution is -2.12. The Balaban J connectivity index is 1.95. The lowest BCUT2D eigenvalue weighted by molar-refractivity contribution is 0.100. The van der Waals surface area contributed by atoms with Crippen molar-refractivity contribution in [3.05, 3.63) is 78.8 Å². The minimum absolute atomic E-state index is 0.426. The van der Waals surface area contributed by atoms with Crippen LogP contribution in [0.2, 0.25) is 0 Å². The van der Waals surface area contributed by atoms with E-state index in [4.69, 9.17) is 5.73 Å². The van der Waals surface area contributed by atoms with Crippen molar-refractivity contribution in [2.45, 2.75) is 0 Å². The Morgan fingerprint density at radius 3 is 2.60 bits per heavy atom. The summed E-state index contributed by atoms with van der Waals surface area (Å²) in [6.07, 6.45) is 5.19. The van der Waals surface area contributed by atoms with Gasteiger partial charge in [-0.2, -0.15) is 0 Å². The van der Waals surface area contributed by atoms with Crippen LogP contribution in [0, 0.1) is 0 Å². The van der Waals surface area contributed by atoms with Crippen LogP contribution in [0.15, 0.2) is 73.2 Å². The fraction of sp³-hybridized carbons (Fsp3) is 0. The number of nitrogens with zero attached hydrogens (tertiary/aromatic N) is 3. The van der Waals surface area contributed by atoms with Gasteiger partial charge in [0.15, 0.2) is 5.65 Å². The van der Waals surface area contributed by atoms with Crippen LogP contribution < -0.4 is 11.1 Å². The van der Waals surface area contributed by atoms with Gasteiger partial charge in [0, 0.05) is 29.2 Å². The summed E-state index contributed by atoms with van der Waals surface area (Å²) in [5.74, 6) is 0.258. The van der Waals surface area contributed by atoms with Crippen LogP contribution in [0.25, 0.3) is 16.9 Å². The Labute approximate surface area is 144 Å². The average Bonchev–Trinajstić information content (AvgIpc) is 3.01. The van der Waals surface area contributed by atoms with Gasteiger partial charge in [0.2, 0.25) is 5.91 Å². The van der Waals surface area contributed by atoms with Gasteiger partial charge in [-0.3, -0.25) is 14.2 Å². The first-order valence-corrected chi connectivity index (χ1v) is 7.77. The number of anilines is 2. The Bertz CT molecular complexity index is 1060. The van der Waals surface area contributed by atoms with E-state index in [-0.39, 0.29) is 0 Å². The summed E-state index contributed by atoms with van der Waals surface area (Å²) in [4.78, 5) is 20.6. The highest BCUT2D eigenvalue weighted by molar-refractivity contribution is 6.01. The standard InChI is InChI=1S/C19H15N5O/c20-18(25)15-9-5-4-8-14(15)17-19(22-13-6-2-1-3-7-13)24-11-10-21-12-16(24)23-17/h1-12,22H,(H2,20,25). The lowest BCUT2D eigenvalue weighted by Gasteiger charge is -2.10. The summed E-state index contributed by atoms with van der Waals surface area (Å²) in [6, 6.07) is 17.0. The summed E-state index contributed by atoms with van der Waals surface area (Å²) in [5.41, 5.74) is 8.88. The molecule has 2 heterocycles. The fourth-order valence-electron chi connectivity index (χ4n) is 2.78. The lowest BCUT2D eigenvalue weighted by atomic mass is 10.0. The molecule has 3 N–H and O–H groups in total. The summed E-state index contributed by atoms with van der Waals surface area (Å²) >= 11 is 0. The van der Waals surface area contributed by atoms with Gasteiger partial charge in [-0.15, -0.1) is 0 Å². The second-order valence-electron chi connectivity index (χ2n) is 5.51. The first-order valence-electron chi connectivity index (χ1n) is 7.77. The van der Waals surface area contributed by atoms with E-state index >= 15 is 0 Å². The predicted molar refractivity (Wildman–Crippen MR) is 96.7 cm³/mol. The number of hydrogen-bond acceptors (Lipinski definition) is 4. The van der Waals surface area contributed by atoms with Crippen LogP contribution in [0.5, 0.6) is 0 Å². The number of rotatable bonds is 4. The molecule has 6 heteroatoms. The van der Waals surface area contributed by atoms with Crippen molar-refractivity contribution < 1.29 is 4.79 Å². The van der Waals surface area contributed by atoms with E-state index in [1.807, 2.05) is 53.1 Å². The molecule has 0 spiro atoms. The van der Waals surface area contributed by atoms with Gasteiger partial charge in [-0.25, -0.2) is 4.98 Å². The van der Waals surface area contributed by atoms with E-state index in [0.717, 1.165) is 11.5 Å². The fourth-order valence-corrected chi connectivity index (χ4v) is 2.78. The Morgan fingerprint density at radius 1 is 1.04 bits per heavy atom. The van der Waals surface area contributed by atoms with Crippen LogP contribution in [-0.4, -0.2) is 20.3 Å². The molecule has 0 radical (unpaired) electrons. The molecular weight excluding hydrogens is 314 g/mol. The average molecular weight is 329 g/mol. The summed E-state index contributed by atoms with van der Waals surface area (Å²) in [7, 11) is 0. The van der Waals surface area contributed by atoms with Gasteiger partial charge in [-0.05, 0) is 18.2 Å². The Hall–Kier alpha value is -3.67. The zero-order chi connectivity index (χ0) is 17.2. The van der Waals surface area contributed by atoms with Crippen molar-refractivity contribution >= 4 is 23.1 Å². The monoisotopic (exact) mass is 329 g/mol. The normalized spacial score (nSPS) is 10.7. The highest BCUT2D eigenvalue weighted by Crippen LogP contribution is 2.32. The molecule has 1 amide bonds. The number of fused-ring (bicyclic) bond motifs is 1. The van der Waals surface area contributed by atoms with E-state index in [1.54, 1.807) is 24.5 Å². The van der Waals surface area contributed by atoms with Crippen molar-refractivity contribution in [3.8, 4) is 11.3 Å². The summed E-state index contributed by atoms with van der Waals surface area (Å²) in [6.45, 7) is 0. The molecule has 0 saturated carbocycles. The predicted octanol–water partition coefficient (Wildman–Crippen LogP) is 3.24. The summed E-state index contributed by atoms with van der Waals surface area (Å²) < 4.78 is 1.90. The first-order chi connectivity index (χ1) is 12.2. The van der Waals surface area contributed by atoms with Crippen LogP contribution >= 0.6 is 0 Å². The third-order valence-corrected chi connectivity index (χ3v) is 3.91. The maximum atomic E-state index is 11.8. The molecule has 122 valence electrons. The molecule has 4 aromatic rings. The number of amides is 1. The van der Waals surface area contributed by atoms with Crippen LogP contribution in [0.4, 0.5) is 11.5 Å². The maximum Gasteiger partial charge on any atom is 0.249 e. The van der Waals surface area contributed by atoms with Crippen molar-refractivity contribution in [2.24, 2.45) is 5.73 Å². The molecule has 0 bridgehead atoms. The molecule has 0 unspecified atom stereocenters. The number of nitrogens with one attached hydrogen (secondary N) is 1. The Morgan fingerprint density at radius 2 is 1.80 bits per heavy atom. The topological polar surface area (TPSA) is 85.3 Å². The van der Waals surface area contributed by atoms with Gasteiger partial charge < -0.3 is 11.1 Å². The highest BCUT2D eigenvalue weighted by Gasteiger charge is 2.18. The number of benzene rings is 2. The molecule has 0 aliphatic carbocycles. The summed E-state index contributed by atoms with van der Waals surface area (Å²) in [5, 5.41) is 3.38. The number of carbonyl (C=O) groups excluding carboxylic acids is 1. The number of nitrogens with two attached hydrogens (primary N) is 1. The molecule has 0 saturated heterocycles. The van der Waals surface area contributed by atoms with Crippen LogP contribution in [0.3, 0.4) is 0 Å². The molecule has 0 aliphatic heterocycles. The van der Waals surface area contributed by atoms with Gasteiger partial charge in [-0.1, -0.05) is 36.4 Å². The van der Waals surface area contributed by atoms with Gasteiger partial charge in [0.25, 0.3) is 0 Å². The second kappa shape index (κ2) is 6.09. The van der Waals surface area contributed by atoms with E-state index in [1.165, 1.54) is 0 Å². The van der Waals surface area contributed by atoms with E-state index in [0.29, 0.717) is 22.5 Å². The number of imidazole rings is 1. The number of aromatic nitrogens is 3. The van der Waals surface area contributed by atoms with Crippen molar-refractivity contribution in [1.29, 1.82) is 0 Å². The molecule has 0 atom stereocenters. The number of hydrogen-bond donors (Lipinski definition) is 2. The minimum Gasteiger partial charge on any atom is -0.366 e. The molecule has 6 nitrogen and oxygen atoms in total. The number of carbonyl (C=O) groups is 1. The third kappa shape index (κ3) is 2.70. The smallest absolute Gasteiger partial charge is 0.249 e. The Kier molecular flexibility index (Phi) is 3.63. The van der Waals surface area contributed by atoms with Crippen molar-refractivity contribution in [2.75, 3.05) is 5.32 Å². The second-order valence-corrected chi connectivity index (χ2v) is 5.51. The highest BCUT2D eigenvalue weighted by atomic mass is 16.1. The van der Waals surface area contributed by atoms with Crippen molar-refractivity contribution in [1.82, 2.24) is 14.4 Å². The quantitative estimate of drug-likeness (QED) is 0.602. The van der Waals surface area contributed by atoms with E-state index in [2.05, 4.69) is 15.3 Å². The molecule has 2 aromatic carbocycles. The number of para-hydroxylation sites is 1. The van der Waals surface area contributed by atoms with Crippen molar-refractivity contribution in [3.63, 3.8) is 0 Å². The van der Waals surface area contributed by atoms with Gasteiger partial charge in [0.05, 0.1) is 6.20 Å². The zero-order valence-corrected chi connectivity index (χ0v) is 13.3. The van der Waals surface area contributed by atoms with Gasteiger partial charge in [0.1, 0.15) is 11.5 Å². The molecule has 0 aliphatic rings. The molecule has 25 heavy (non-hydrogen) atoms. The zero-order valence-electron chi connectivity index (χ0n) is 13.3. The SMILES string of the molecule is NC(=O)c1ccccc1-c1nc2cnccn2c1Nc1ccccc1. The van der Waals surface area contributed by atoms with Crippen LogP contribution in [0.1, 0.15) is 10.4 Å². The largest absolute Gasteiger partial charge is 0.366 e. The molecule has 2 aromatic heterocycles. The van der Waals surface area contributed by atoms with E-state index in [9.17, 15) is 4.79 Å².